The molecule has 0 fully saturated rings. The molecule has 0 aromatic heterocycles. The maximum Gasteiger partial charge on any atom is 0.131 e. The van der Waals surface area contributed by atoms with Crippen LogP contribution in [0, 0.1) is 5.82 Å². The lowest BCUT2D eigenvalue weighted by Crippen LogP contribution is -2.20. The lowest BCUT2D eigenvalue weighted by molar-refractivity contribution is 0.100. The van der Waals surface area contributed by atoms with Gasteiger partial charge in [0.2, 0.25) is 0 Å². The van der Waals surface area contributed by atoms with E-state index in [0.29, 0.717) is 24.5 Å². The molecule has 20 heavy (non-hydrogen) atoms. The standard InChI is InChI=1S/C16H26FNO2/c1-4-8-18-13(3)15-7-6-14(12-16(15)17)20-11-10-19-9-5-2/h6-7,12-13,18H,4-5,8-11H2,1-3H3. The first-order valence-electron chi connectivity index (χ1n) is 7.42. The maximum atomic E-state index is 14.0. The SMILES string of the molecule is CCCNC(C)c1ccc(OCCOCCC)cc1F. The maximum absolute atomic E-state index is 14.0. The molecule has 1 aromatic carbocycles. The van der Waals surface area contributed by atoms with Crippen molar-refractivity contribution < 1.29 is 13.9 Å². The molecule has 0 saturated carbocycles. The summed E-state index contributed by atoms with van der Waals surface area (Å²) in [5.41, 5.74) is 0.674. The van der Waals surface area contributed by atoms with E-state index in [1.54, 1.807) is 6.07 Å². The number of halogens is 1. The highest BCUT2D eigenvalue weighted by molar-refractivity contribution is 5.30. The summed E-state index contributed by atoms with van der Waals surface area (Å²) >= 11 is 0. The third-order valence-electron chi connectivity index (χ3n) is 2.98. The Balaban J connectivity index is 2.46. The summed E-state index contributed by atoms with van der Waals surface area (Å²) in [6.45, 7) is 8.71. The molecular formula is C16H26FNO2. The van der Waals surface area contributed by atoms with Crippen molar-refractivity contribution in [3.63, 3.8) is 0 Å². The lowest BCUT2D eigenvalue weighted by atomic mass is 10.1. The zero-order valence-corrected chi connectivity index (χ0v) is 12.7. The zero-order chi connectivity index (χ0) is 14.8. The van der Waals surface area contributed by atoms with Gasteiger partial charge in [-0.3, -0.25) is 0 Å². The Morgan fingerprint density at radius 1 is 1.15 bits per heavy atom. The first-order chi connectivity index (χ1) is 9.69. The van der Waals surface area contributed by atoms with Gasteiger partial charge >= 0.3 is 0 Å². The second-order valence-corrected chi connectivity index (χ2v) is 4.82. The molecule has 1 N–H and O–H groups in total. The minimum atomic E-state index is -0.229. The Labute approximate surface area is 121 Å². The lowest BCUT2D eigenvalue weighted by Gasteiger charge is -2.15. The van der Waals surface area contributed by atoms with E-state index in [0.717, 1.165) is 26.0 Å². The Bertz CT molecular complexity index is 385. The average molecular weight is 283 g/mol. The minimum Gasteiger partial charge on any atom is -0.491 e. The van der Waals surface area contributed by atoms with Crippen LogP contribution in [0.25, 0.3) is 0 Å². The second kappa shape index (κ2) is 9.72. The molecule has 0 aliphatic heterocycles. The van der Waals surface area contributed by atoms with Gasteiger partial charge in [0.05, 0.1) is 6.61 Å². The van der Waals surface area contributed by atoms with Gasteiger partial charge < -0.3 is 14.8 Å². The second-order valence-electron chi connectivity index (χ2n) is 4.82. The molecule has 1 atom stereocenters. The van der Waals surface area contributed by atoms with E-state index >= 15 is 0 Å². The number of hydrogen-bond acceptors (Lipinski definition) is 3. The van der Waals surface area contributed by atoms with Crippen molar-refractivity contribution >= 4 is 0 Å². The van der Waals surface area contributed by atoms with Gasteiger partial charge in [-0.05, 0) is 32.4 Å². The van der Waals surface area contributed by atoms with Crippen LogP contribution in [0.2, 0.25) is 0 Å². The molecule has 0 aliphatic rings. The minimum absolute atomic E-state index is 0.0110. The van der Waals surface area contributed by atoms with Gasteiger partial charge in [0.25, 0.3) is 0 Å². The molecule has 4 heteroatoms. The number of ether oxygens (including phenoxy) is 2. The topological polar surface area (TPSA) is 30.5 Å². The van der Waals surface area contributed by atoms with Crippen molar-refractivity contribution in [1.82, 2.24) is 5.32 Å². The Kier molecular flexibility index (Phi) is 8.23. The average Bonchev–Trinajstić information content (AvgIpc) is 2.44. The van der Waals surface area contributed by atoms with E-state index in [-0.39, 0.29) is 11.9 Å². The van der Waals surface area contributed by atoms with Gasteiger partial charge in [-0.25, -0.2) is 4.39 Å². The van der Waals surface area contributed by atoms with Crippen molar-refractivity contribution in [3.05, 3.63) is 29.6 Å². The van der Waals surface area contributed by atoms with Crippen molar-refractivity contribution in [2.75, 3.05) is 26.4 Å². The Hall–Kier alpha value is -1.13. The summed E-state index contributed by atoms with van der Waals surface area (Å²) in [6, 6.07) is 5.05. The number of hydrogen-bond donors (Lipinski definition) is 1. The van der Waals surface area contributed by atoms with Crippen molar-refractivity contribution in [1.29, 1.82) is 0 Å². The monoisotopic (exact) mass is 283 g/mol. The molecule has 114 valence electrons. The molecule has 1 rings (SSSR count). The van der Waals surface area contributed by atoms with Crippen LogP contribution in [0.5, 0.6) is 5.75 Å². The molecule has 0 radical (unpaired) electrons. The molecule has 0 saturated heterocycles. The highest BCUT2D eigenvalue weighted by Crippen LogP contribution is 2.21. The van der Waals surface area contributed by atoms with Crippen molar-refractivity contribution in [2.45, 2.75) is 39.7 Å². The fourth-order valence-electron chi connectivity index (χ4n) is 1.88. The van der Waals surface area contributed by atoms with E-state index < -0.39 is 0 Å². The molecule has 0 aliphatic carbocycles. The van der Waals surface area contributed by atoms with Crippen molar-refractivity contribution in [3.8, 4) is 5.75 Å². The first kappa shape index (κ1) is 16.9. The van der Waals surface area contributed by atoms with Crippen LogP contribution in [-0.2, 0) is 4.74 Å². The van der Waals surface area contributed by atoms with Gasteiger partial charge in [0, 0.05) is 24.3 Å². The molecule has 1 aromatic rings. The van der Waals surface area contributed by atoms with E-state index in [2.05, 4.69) is 19.2 Å². The molecular weight excluding hydrogens is 257 g/mol. The highest BCUT2D eigenvalue weighted by atomic mass is 19.1. The van der Waals surface area contributed by atoms with Gasteiger partial charge in [0.15, 0.2) is 0 Å². The van der Waals surface area contributed by atoms with Crippen LogP contribution in [0.15, 0.2) is 18.2 Å². The normalized spacial score (nSPS) is 12.4. The van der Waals surface area contributed by atoms with Gasteiger partial charge in [-0.15, -0.1) is 0 Å². The van der Waals surface area contributed by atoms with Crippen LogP contribution in [0.1, 0.15) is 45.2 Å². The predicted molar refractivity (Wildman–Crippen MR) is 79.7 cm³/mol. The quantitative estimate of drug-likeness (QED) is 0.664. The smallest absolute Gasteiger partial charge is 0.131 e. The van der Waals surface area contributed by atoms with Gasteiger partial charge in [-0.2, -0.15) is 0 Å². The van der Waals surface area contributed by atoms with Gasteiger partial charge in [-0.1, -0.05) is 19.9 Å². The third kappa shape index (κ3) is 5.88. The van der Waals surface area contributed by atoms with Crippen LogP contribution >= 0.6 is 0 Å². The fourth-order valence-corrected chi connectivity index (χ4v) is 1.88. The molecule has 0 spiro atoms. The van der Waals surface area contributed by atoms with Gasteiger partial charge in [0.1, 0.15) is 18.2 Å². The van der Waals surface area contributed by atoms with Crippen LogP contribution in [0.4, 0.5) is 4.39 Å². The molecule has 1 unspecified atom stereocenters. The highest BCUT2D eigenvalue weighted by Gasteiger charge is 2.11. The molecule has 3 nitrogen and oxygen atoms in total. The fraction of sp³-hybridized carbons (Fsp3) is 0.625. The summed E-state index contributed by atoms with van der Waals surface area (Å²) in [6.07, 6.45) is 2.02. The number of nitrogens with one attached hydrogen (secondary N) is 1. The predicted octanol–water partition coefficient (Wildman–Crippen LogP) is 3.69. The van der Waals surface area contributed by atoms with Crippen LogP contribution < -0.4 is 10.1 Å². The summed E-state index contributed by atoms with van der Waals surface area (Å²) in [7, 11) is 0. The zero-order valence-electron chi connectivity index (χ0n) is 12.7. The van der Waals surface area contributed by atoms with Crippen LogP contribution in [-0.4, -0.2) is 26.4 Å². The summed E-state index contributed by atoms with van der Waals surface area (Å²) in [4.78, 5) is 0. The molecule has 0 heterocycles. The molecule has 0 bridgehead atoms. The van der Waals surface area contributed by atoms with E-state index in [9.17, 15) is 4.39 Å². The third-order valence-corrected chi connectivity index (χ3v) is 2.98. The van der Waals surface area contributed by atoms with Crippen molar-refractivity contribution in [2.24, 2.45) is 0 Å². The number of rotatable bonds is 10. The van der Waals surface area contributed by atoms with E-state index in [1.807, 2.05) is 13.0 Å². The first-order valence-corrected chi connectivity index (χ1v) is 7.42. The van der Waals surface area contributed by atoms with E-state index in [1.165, 1.54) is 6.07 Å². The van der Waals surface area contributed by atoms with E-state index in [4.69, 9.17) is 9.47 Å². The largest absolute Gasteiger partial charge is 0.491 e. The molecule has 0 amide bonds. The summed E-state index contributed by atoms with van der Waals surface area (Å²) in [5, 5.41) is 3.27. The summed E-state index contributed by atoms with van der Waals surface area (Å²) in [5.74, 6) is 0.321. The summed E-state index contributed by atoms with van der Waals surface area (Å²) < 4.78 is 24.8. The Morgan fingerprint density at radius 2 is 1.95 bits per heavy atom. The van der Waals surface area contributed by atoms with Crippen LogP contribution in [0.3, 0.4) is 0 Å². The Morgan fingerprint density at radius 3 is 2.60 bits per heavy atom. The number of benzene rings is 1.